The van der Waals surface area contributed by atoms with Gasteiger partial charge in [0, 0.05) is 37.8 Å². The number of amides is 2. The lowest BCUT2D eigenvalue weighted by atomic mass is 10.2. The topological polar surface area (TPSA) is 87.7 Å². The third-order valence-electron chi connectivity index (χ3n) is 4.03. The summed E-state index contributed by atoms with van der Waals surface area (Å²) in [5.74, 6) is -0.343. The van der Waals surface area contributed by atoms with E-state index in [1.54, 1.807) is 22.7 Å². The standard InChI is InChI=1S/C18H22ClN5O3S/c1-18(2,3)27-17(26)24-8-6-23(7-9-24)14-4-5-20-10-12(14)21-15(25)13-11-28-16(19)22-13/h4-5,10-11H,6-9H2,1-3H3,(H,21,25). The van der Waals surface area contributed by atoms with Crippen molar-refractivity contribution in [2.24, 2.45) is 0 Å². The highest BCUT2D eigenvalue weighted by atomic mass is 35.5. The molecule has 0 atom stereocenters. The van der Waals surface area contributed by atoms with E-state index in [4.69, 9.17) is 16.3 Å². The van der Waals surface area contributed by atoms with Gasteiger partial charge in [0.1, 0.15) is 11.3 Å². The zero-order valence-corrected chi connectivity index (χ0v) is 17.5. The minimum absolute atomic E-state index is 0.263. The van der Waals surface area contributed by atoms with E-state index in [2.05, 4.69) is 20.2 Å². The maximum absolute atomic E-state index is 12.4. The molecular formula is C18H22ClN5O3S. The zero-order chi connectivity index (χ0) is 20.3. The molecule has 8 nitrogen and oxygen atoms in total. The van der Waals surface area contributed by atoms with E-state index >= 15 is 0 Å². The van der Waals surface area contributed by atoms with Gasteiger partial charge in [-0.15, -0.1) is 11.3 Å². The van der Waals surface area contributed by atoms with Crippen LogP contribution in [0.1, 0.15) is 31.3 Å². The van der Waals surface area contributed by atoms with Crippen molar-refractivity contribution in [1.82, 2.24) is 14.9 Å². The SMILES string of the molecule is CC(C)(C)OC(=O)N1CCN(c2ccncc2NC(=O)c2csc(Cl)n2)CC1. The van der Waals surface area contributed by atoms with Crippen LogP contribution in [0.4, 0.5) is 16.2 Å². The molecule has 0 bridgehead atoms. The van der Waals surface area contributed by atoms with Crippen molar-refractivity contribution in [1.29, 1.82) is 0 Å². The Morgan fingerprint density at radius 1 is 1.25 bits per heavy atom. The number of ether oxygens (including phenoxy) is 1. The molecule has 0 spiro atoms. The molecule has 1 fully saturated rings. The maximum Gasteiger partial charge on any atom is 0.410 e. The maximum atomic E-state index is 12.4. The van der Waals surface area contributed by atoms with E-state index in [0.29, 0.717) is 36.3 Å². The number of nitrogens with zero attached hydrogens (tertiary/aromatic N) is 4. The number of aromatic nitrogens is 2. The number of anilines is 2. The molecule has 28 heavy (non-hydrogen) atoms. The van der Waals surface area contributed by atoms with E-state index < -0.39 is 5.60 Å². The Bertz CT molecular complexity index is 859. The molecule has 0 radical (unpaired) electrons. The molecule has 0 aromatic carbocycles. The number of pyridine rings is 1. The van der Waals surface area contributed by atoms with E-state index in [0.717, 1.165) is 5.69 Å². The van der Waals surface area contributed by atoms with Crippen LogP contribution in [0.2, 0.25) is 4.47 Å². The zero-order valence-electron chi connectivity index (χ0n) is 15.9. The molecular weight excluding hydrogens is 402 g/mol. The van der Waals surface area contributed by atoms with Crippen LogP contribution >= 0.6 is 22.9 Å². The van der Waals surface area contributed by atoms with Gasteiger partial charge in [-0.05, 0) is 26.8 Å². The fourth-order valence-electron chi connectivity index (χ4n) is 2.76. The Morgan fingerprint density at radius 3 is 2.57 bits per heavy atom. The minimum Gasteiger partial charge on any atom is -0.444 e. The van der Waals surface area contributed by atoms with Crippen LogP contribution in [0.3, 0.4) is 0 Å². The van der Waals surface area contributed by atoms with Gasteiger partial charge in [0.15, 0.2) is 4.47 Å². The lowest BCUT2D eigenvalue weighted by Gasteiger charge is -2.37. The Kier molecular flexibility index (Phi) is 6.04. The number of carbonyl (C=O) groups excluding carboxylic acids is 2. The first-order chi connectivity index (χ1) is 13.2. The van der Waals surface area contributed by atoms with Crippen molar-refractivity contribution in [2.45, 2.75) is 26.4 Å². The van der Waals surface area contributed by atoms with Gasteiger partial charge >= 0.3 is 6.09 Å². The summed E-state index contributed by atoms with van der Waals surface area (Å²) in [7, 11) is 0. The molecule has 2 aromatic heterocycles. The van der Waals surface area contributed by atoms with Crippen molar-refractivity contribution < 1.29 is 14.3 Å². The van der Waals surface area contributed by atoms with Gasteiger partial charge in [-0.1, -0.05) is 11.6 Å². The summed E-state index contributed by atoms with van der Waals surface area (Å²) in [4.78, 5) is 36.5. The van der Waals surface area contributed by atoms with Gasteiger partial charge in [0.25, 0.3) is 5.91 Å². The molecule has 1 aliphatic rings. The second-order valence-electron chi connectivity index (χ2n) is 7.29. The lowest BCUT2D eigenvalue weighted by Crippen LogP contribution is -2.50. The number of nitrogens with one attached hydrogen (secondary N) is 1. The van der Waals surface area contributed by atoms with Crippen LogP contribution in [-0.2, 0) is 4.74 Å². The highest BCUT2D eigenvalue weighted by molar-refractivity contribution is 7.14. The van der Waals surface area contributed by atoms with E-state index in [1.807, 2.05) is 26.8 Å². The van der Waals surface area contributed by atoms with Crippen molar-refractivity contribution in [2.75, 3.05) is 36.4 Å². The molecule has 10 heteroatoms. The van der Waals surface area contributed by atoms with Crippen molar-refractivity contribution in [3.63, 3.8) is 0 Å². The average Bonchev–Trinajstić information content (AvgIpc) is 3.07. The molecule has 3 heterocycles. The Hall–Kier alpha value is -2.39. The van der Waals surface area contributed by atoms with Gasteiger partial charge in [0.05, 0.1) is 17.6 Å². The molecule has 1 aliphatic heterocycles. The Labute approximate surface area is 172 Å². The van der Waals surface area contributed by atoms with Crippen molar-refractivity contribution >= 4 is 46.3 Å². The number of rotatable bonds is 3. The van der Waals surface area contributed by atoms with Gasteiger partial charge in [-0.25, -0.2) is 9.78 Å². The Morgan fingerprint density at radius 2 is 1.96 bits per heavy atom. The summed E-state index contributed by atoms with van der Waals surface area (Å²) >= 11 is 7.00. The van der Waals surface area contributed by atoms with Crippen molar-refractivity contribution in [3.8, 4) is 0 Å². The van der Waals surface area contributed by atoms with Crippen LogP contribution in [-0.4, -0.2) is 58.6 Å². The van der Waals surface area contributed by atoms with Crippen LogP contribution in [0, 0.1) is 0 Å². The first-order valence-electron chi connectivity index (χ1n) is 8.82. The number of piperazine rings is 1. The van der Waals surface area contributed by atoms with E-state index in [1.165, 1.54) is 11.3 Å². The molecule has 1 N–H and O–H groups in total. The summed E-state index contributed by atoms with van der Waals surface area (Å²) in [5.41, 5.74) is 1.17. The highest BCUT2D eigenvalue weighted by Crippen LogP contribution is 2.27. The predicted molar refractivity (Wildman–Crippen MR) is 109 cm³/mol. The van der Waals surface area contributed by atoms with E-state index in [-0.39, 0.29) is 17.7 Å². The summed E-state index contributed by atoms with van der Waals surface area (Å²) < 4.78 is 5.74. The summed E-state index contributed by atoms with van der Waals surface area (Å²) in [6.07, 6.45) is 2.96. The van der Waals surface area contributed by atoms with Crippen LogP contribution in [0.5, 0.6) is 0 Å². The third-order valence-corrected chi connectivity index (χ3v) is 5.01. The highest BCUT2D eigenvalue weighted by Gasteiger charge is 2.27. The smallest absolute Gasteiger partial charge is 0.410 e. The number of hydrogen-bond acceptors (Lipinski definition) is 7. The summed E-state index contributed by atoms with van der Waals surface area (Å²) in [5, 5.41) is 4.44. The molecule has 150 valence electrons. The molecule has 2 aromatic rings. The Balaban J connectivity index is 1.65. The number of thiazole rings is 1. The van der Waals surface area contributed by atoms with Crippen LogP contribution in [0.15, 0.2) is 23.8 Å². The second kappa shape index (κ2) is 8.32. The largest absolute Gasteiger partial charge is 0.444 e. The molecule has 0 aliphatic carbocycles. The molecule has 3 rings (SSSR count). The number of hydrogen-bond donors (Lipinski definition) is 1. The van der Waals surface area contributed by atoms with E-state index in [9.17, 15) is 9.59 Å². The lowest BCUT2D eigenvalue weighted by molar-refractivity contribution is 0.0240. The van der Waals surface area contributed by atoms with Gasteiger partial charge < -0.3 is 19.9 Å². The van der Waals surface area contributed by atoms with Gasteiger partial charge in [0.2, 0.25) is 0 Å². The predicted octanol–water partition coefficient (Wildman–Crippen LogP) is 3.50. The van der Waals surface area contributed by atoms with Crippen LogP contribution in [0.25, 0.3) is 0 Å². The minimum atomic E-state index is -0.518. The monoisotopic (exact) mass is 423 g/mol. The third kappa shape index (κ3) is 5.11. The molecule has 0 saturated carbocycles. The van der Waals surface area contributed by atoms with Crippen LogP contribution < -0.4 is 10.2 Å². The summed E-state index contributed by atoms with van der Waals surface area (Å²) in [6.45, 7) is 7.86. The fraction of sp³-hybridized carbons (Fsp3) is 0.444. The second-order valence-corrected chi connectivity index (χ2v) is 8.73. The average molecular weight is 424 g/mol. The molecule has 0 unspecified atom stereocenters. The number of halogens is 1. The quantitative estimate of drug-likeness (QED) is 0.812. The molecule has 2 amide bonds. The van der Waals surface area contributed by atoms with Crippen molar-refractivity contribution in [3.05, 3.63) is 34.0 Å². The first kappa shape index (κ1) is 20.3. The number of carbonyl (C=O) groups is 2. The normalized spacial score (nSPS) is 14.7. The fourth-order valence-corrected chi connectivity index (χ4v) is 3.50. The summed E-state index contributed by atoms with van der Waals surface area (Å²) in [6, 6.07) is 1.84. The van der Waals surface area contributed by atoms with Gasteiger partial charge in [-0.3, -0.25) is 9.78 Å². The molecule has 1 saturated heterocycles. The first-order valence-corrected chi connectivity index (χ1v) is 10.1. The van der Waals surface area contributed by atoms with Gasteiger partial charge in [-0.2, -0.15) is 0 Å².